The maximum absolute atomic E-state index is 13.3. The topological polar surface area (TPSA) is 889 Å². The van der Waals surface area contributed by atoms with Gasteiger partial charge in [0.05, 0.1) is 78.3 Å². The smallest absolute Gasteiger partial charge is 0.239 e. The van der Waals surface area contributed by atoms with Gasteiger partial charge < -0.3 is 250 Å². The number of rotatable bonds is 50. The SMILES string of the molecule is CCNC(=O)CCCCC(=O)N(CC(=O)NCCO[C@@H]1O[C@@H](C)[C@@H](O)[C@@H](O)[C@@H]1O)CC(=O)NCCO[C@H]1O[C@H](CO[C@H]2O[C@H](CO)[C@@H](O)[C@H](O)[C@@H]2O)[C@@H](O)[C@H](O[C@H]2O[C@H](CO)[C@@H](O)[C@H](O)[C@@H]2O)[C@@H]1O.CCNC(=O)CCCCC(=O)N(CC(=O)NCCO[C@@H]1O[C@@H](C)[C@@H](O)[C@@H](O)[C@@H]1O)CC(=O)NCCO[C@H]1O[C@H](CO[C@H]2O[C@H](CO)[C@@H](O)[C@H](O)[C@@H]2O)[C@@H](O)[C@H](O[C@H]2O[C@H](CO)[C@@H](O)[C@H](O)[C@@H]2O)[C@@H]1O. The Balaban J connectivity index is 0.000000376. The number of hydrogen-bond acceptors (Lipinski definition) is 50. The monoisotopic (exact) mass is 2010 g/mol. The Morgan fingerprint density at radius 3 is 0.754 bits per heavy atom. The molecule has 800 valence electrons. The number of nitrogens with zero attached hydrogens (tertiary/aromatic N) is 2. The molecule has 0 unspecified atom stereocenters. The second kappa shape index (κ2) is 58.9. The molecule has 0 aromatic heterocycles. The summed E-state index contributed by atoms with van der Waals surface area (Å²) in [6.07, 6.45) is -65.0. The second-order valence-electron chi connectivity index (χ2n) is 33.8. The van der Waals surface area contributed by atoms with Gasteiger partial charge in [-0.05, 0) is 53.4 Å². The van der Waals surface area contributed by atoms with E-state index in [9.17, 15) is 171 Å². The number of carbonyl (C=O) groups is 8. The van der Waals surface area contributed by atoms with Crippen molar-refractivity contribution in [1.82, 2.24) is 41.7 Å². The van der Waals surface area contributed by atoms with Crippen molar-refractivity contribution in [2.24, 2.45) is 0 Å². The highest BCUT2D eigenvalue weighted by Crippen LogP contribution is 2.35. The fraction of sp³-hybridized carbons (Fsp3) is 0.900. The third-order valence-corrected chi connectivity index (χ3v) is 23.4. The van der Waals surface area contributed by atoms with E-state index >= 15 is 0 Å². The predicted molar refractivity (Wildman–Crippen MR) is 446 cm³/mol. The lowest BCUT2D eigenvalue weighted by Gasteiger charge is -2.46. The van der Waals surface area contributed by atoms with Gasteiger partial charge in [-0.3, -0.25) is 38.4 Å². The van der Waals surface area contributed by atoms with E-state index in [-0.39, 0.29) is 89.7 Å². The summed E-state index contributed by atoms with van der Waals surface area (Å²) in [4.78, 5) is 104. The van der Waals surface area contributed by atoms with Crippen LogP contribution in [0.2, 0.25) is 0 Å². The largest absolute Gasteiger partial charge is 0.394 e. The van der Waals surface area contributed by atoms with Crippen LogP contribution in [0.1, 0.15) is 79.1 Å². The Morgan fingerprint density at radius 2 is 0.486 bits per heavy atom. The van der Waals surface area contributed by atoms with Crippen molar-refractivity contribution in [2.75, 3.05) is 132 Å². The molecule has 58 nitrogen and oxygen atoms in total. The quantitative estimate of drug-likeness (QED) is 0.0252. The average Bonchev–Trinajstić information content (AvgIpc) is 0.766. The molecular weight excluding hydrogens is 1870 g/mol. The van der Waals surface area contributed by atoms with Crippen LogP contribution in [0.15, 0.2) is 0 Å². The van der Waals surface area contributed by atoms with E-state index < -0.39 is 360 Å². The Hall–Kier alpha value is -5.92. The van der Waals surface area contributed by atoms with Crippen LogP contribution in [0.3, 0.4) is 0 Å². The fourth-order valence-corrected chi connectivity index (χ4v) is 15.3. The minimum absolute atomic E-state index is 0.133. The molecule has 8 amide bonds. The average molecular weight is 2010 g/mol. The molecule has 40 atom stereocenters. The molecule has 138 heavy (non-hydrogen) atoms. The van der Waals surface area contributed by atoms with E-state index in [1.54, 1.807) is 13.8 Å². The fourth-order valence-electron chi connectivity index (χ4n) is 15.3. The number of aliphatic hydroxyl groups excluding tert-OH is 26. The van der Waals surface area contributed by atoms with Crippen molar-refractivity contribution in [2.45, 2.75) is 325 Å². The molecule has 32 N–H and O–H groups in total. The normalized spacial score (nSPS) is 38.2. The molecule has 58 heteroatoms. The first kappa shape index (κ1) is 119. The third-order valence-electron chi connectivity index (χ3n) is 23.4. The summed E-state index contributed by atoms with van der Waals surface area (Å²) in [7, 11) is 0. The molecule has 0 saturated carbocycles. The van der Waals surface area contributed by atoms with Crippen LogP contribution in [-0.4, -0.2) is 567 Å². The molecule has 0 aliphatic carbocycles. The van der Waals surface area contributed by atoms with E-state index in [0.29, 0.717) is 25.9 Å². The molecule has 0 aromatic carbocycles. The number of hydrogen-bond donors (Lipinski definition) is 32. The Labute approximate surface area is 789 Å². The van der Waals surface area contributed by atoms with E-state index in [2.05, 4.69) is 31.9 Å². The lowest BCUT2D eigenvalue weighted by Crippen LogP contribution is -2.65. The molecule has 8 heterocycles. The lowest BCUT2D eigenvalue weighted by molar-refractivity contribution is -0.366. The zero-order chi connectivity index (χ0) is 102. The molecule has 8 aliphatic rings. The summed E-state index contributed by atoms with van der Waals surface area (Å²) in [5, 5.41) is 283. The van der Waals surface area contributed by atoms with Crippen LogP contribution in [-0.2, 0) is 114 Å². The molecule has 0 aromatic rings. The second-order valence-corrected chi connectivity index (χ2v) is 33.8. The molecule has 0 bridgehead atoms. The molecule has 8 rings (SSSR count). The summed E-state index contributed by atoms with van der Waals surface area (Å²) in [6, 6.07) is 0. The van der Waals surface area contributed by atoms with Crippen molar-refractivity contribution in [3.05, 3.63) is 0 Å². The molecule has 8 fully saturated rings. The maximum atomic E-state index is 13.3. The van der Waals surface area contributed by atoms with Gasteiger partial charge >= 0.3 is 0 Å². The molecule has 0 spiro atoms. The summed E-state index contributed by atoms with van der Waals surface area (Å²) in [5.41, 5.74) is 0. The summed E-state index contributed by atoms with van der Waals surface area (Å²) in [5.74, 6) is -4.63. The number of unbranched alkanes of at least 4 members (excludes halogenated alkanes) is 2. The maximum Gasteiger partial charge on any atom is 0.239 e. The van der Waals surface area contributed by atoms with E-state index in [4.69, 9.17) is 75.8 Å². The van der Waals surface area contributed by atoms with Crippen molar-refractivity contribution >= 4 is 47.3 Å². The van der Waals surface area contributed by atoms with Crippen molar-refractivity contribution in [3.8, 4) is 0 Å². The number of ether oxygens (including phenoxy) is 16. The Morgan fingerprint density at radius 1 is 0.254 bits per heavy atom. The van der Waals surface area contributed by atoms with E-state index in [1.165, 1.54) is 13.8 Å². The van der Waals surface area contributed by atoms with Crippen molar-refractivity contribution in [3.63, 3.8) is 0 Å². The Bertz CT molecular complexity index is 3400. The van der Waals surface area contributed by atoms with Crippen molar-refractivity contribution in [1.29, 1.82) is 0 Å². The zero-order valence-corrected chi connectivity index (χ0v) is 76.2. The highest BCUT2D eigenvalue weighted by Gasteiger charge is 2.56. The van der Waals surface area contributed by atoms with Gasteiger partial charge in [0, 0.05) is 65.0 Å². The summed E-state index contributed by atoms with van der Waals surface area (Å²) >= 11 is 0. The van der Waals surface area contributed by atoms with Crippen LogP contribution in [0.25, 0.3) is 0 Å². The van der Waals surface area contributed by atoms with Crippen LogP contribution in [0, 0.1) is 0 Å². The van der Waals surface area contributed by atoms with E-state index in [0.717, 1.165) is 9.80 Å². The first-order valence-electron chi connectivity index (χ1n) is 45.3. The number of nitrogens with one attached hydrogen (secondary N) is 6. The molecule has 8 aliphatic heterocycles. The van der Waals surface area contributed by atoms with Gasteiger partial charge in [-0.1, -0.05) is 0 Å². The minimum Gasteiger partial charge on any atom is -0.394 e. The highest BCUT2D eigenvalue weighted by molar-refractivity contribution is 5.90. The summed E-state index contributed by atoms with van der Waals surface area (Å²) in [6.45, 7) is -2.18. The van der Waals surface area contributed by atoms with Crippen LogP contribution >= 0.6 is 0 Å². The highest BCUT2D eigenvalue weighted by atomic mass is 16.8. The van der Waals surface area contributed by atoms with Gasteiger partial charge in [0.15, 0.2) is 50.3 Å². The first-order valence-corrected chi connectivity index (χ1v) is 45.3. The minimum atomic E-state index is -1.98. The molecule has 0 radical (unpaired) electrons. The third kappa shape index (κ3) is 34.1. The van der Waals surface area contributed by atoms with Gasteiger partial charge in [0.25, 0.3) is 0 Å². The Kier molecular flexibility index (Phi) is 50.8. The van der Waals surface area contributed by atoms with E-state index in [1.807, 2.05) is 0 Å². The predicted octanol–water partition coefficient (Wildman–Crippen LogP) is -19.9. The number of amides is 8. The van der Waals surface area contributed by atoms with Gasteiger partial charge in [-0.15, -0.1) is 0 Å². The van der Waals surface area contributed by atoms with Gasteiger partial charge in [-0.25, -0.2) is 0 Å². The van der Waals surface area contributed by atoms with Gasteiger partial charge in [0.1, 0.15) is 209 Å². The number of aliphatic hydroxyl groups is 26. The van der Waals surface area contributed by atoms with Crippen LogP contribution in [0.4, 0.5) is 0 Å². The van der Waals surface area contributed by atoms with Crippen LogP contribution < -0.4 is 31.9 Å². The van der Waals surface area contributed by atoms with Crippen molar-refractivity contribution < 1.29 is 247 Å². The first-order chi connectivity index (χ1) is 65.5. The standard InChI is InChI=1S/2C40H70N4O25/c2*1-3-41-21(47)6-4-5-7-24(50)44(12-22(48)42-8-10-62-37-32(58)29(55)25(51)17(2)65-37)13-23(49)43-9-11-63-39-35(61)36(69-40-34(60)31(57)27(53)19(15-46)67-40)28(54)20(68-39)16-64-38-33(59)30(56)26(52)18(14-45)66-38/h2*17-20,25-40,45-46,51-61H,3-16H2,1-2H3,(H,41,47)(H,42,48)(H,43,49)/t2*17-,18+,19+,20+,25+,26+,27+,28+,29+,30-,31-,32-,33-,34-,35-,36-,37+,38-,39-,40+/m00/s1. The summed E-state index contributed by atoms with van der Waals surface area (Å²) < 4.78 is 88.2. The van der Waals surface area contributed by atoms with Crippen LogP contribution in [0.5, 0.6) is 0 Å². The lowest BCUT2D eigenvalue weighted by atomic mass is 9.96. The molecule has 8 saturated heterocycles. The zero-order valence-electron chi connectivity index (χ0n) is 76.2. The number of carbonyl (C=O) groups excluding carboxylic acids is 8. The molecular formula is C80H140N8O50. The van der Waals surface area contributed by atoms with Gasteiger partial charge in [-0.2, -0.15) is 0 Å². The van der Waals surface area contributed by atoms with Gasteiger partial charge in [0.2, 0.25) is 47.3 Å².